The molecule has 0 saturated carbocycles. The summed E-state index contributed by atoms with van der Waals surface area (Å²) in [5.74, 6) is 5.71. The molecule has 0 aliphatic rings. The van der Waals surface area contributed by atoms with E-state index in [4.69, 9.17) is 5.84 Å². The first-order chi connectivity index (χ1) is 8.54. The van der Waals surface area contributed by atoms with Gasteiger partial charge in [0.25, 0.3) is 0 Å². The Morgan fingerprint density at radius 2 is 1.83 bits per heavy atom. The van der Waals surface area contributed by atoms with Gasteiger partial charge in [-0.3, -0.25) is 11.3 Å². The van der Waals surface area contributed by atoms with Gasteiger partial charge in [0, 0.05) is 6.20 Å². The highest BCUT2D eigenvalue weighted by atomic mass is 15.3. The van der Waals surface area contributed by atoms with Crippen LogP contribution in [0.25, 0.3) is 5.69 Å². The van der Waals surface area contributed by atoms with Crippen molar-refractivity contribution in [3.63, 3.8) is 0 Å². The molecular weight excluding hydrogens is 224 g/mol. The zero-order valence-corrected chi connectivity index (χ0v) is 11.1. The first-order valence-electron chi connectivity index (χ1n) is 6.09. The number of hydrogen-bond acceptors (Lipinski definition) is 3. The average Bonchev–Trinajstić information content (AvgIpc) is 2.78. The minimum Gasteiger partial charge on any atom is -0.271 e. The second-order valence-corrected chi connectivity index (χ2v) is 5.47. The lowest BCUT2D eigenvalue weighted by Crippen LogP contribution is -2.38. The van der Waals surface area contributed by atoms with Crippen LogP contribution in [0.3, 0.4) is 0 Å². The summed E-state index contributed by atoms with van der Waals surface area (Å²) in [5.41, 5.74) is 5.02. The molecule has 4 heteroatoms. The van der Waals surface area contributed by atoms with Gasteiger partial charge in [-0.1, -0.05) is 39.0 Å². The lowest BCUT2D eigenvalue weighted by atomic mass is 9.85. The minimum absolute atomic E-state index is 0.0152. The van der Waals surface area contributed by atoms with Crippen LogP contribution in [-0.2, 0) is 0 Å². The van der Waals surface area contributed by atoms with E-state index in [1.54, 1.807) is 6.20 Å². The smallest absolute Gasteiger partial charge is 0.0681 e. The zero-order chi connectivity index (χ0) is 13.2. The molecule has 0 bridgehead atoms. The Morgan fingerprint density at radius 3 is 2.39 bits per heavy atom. The number of aromatic nitrogens is 2. The van der Waals surface area contributed by atoms with Crippen molar-refractivity contribution in [3.8, 4) is 5.69 Å². The first-order valence-corrected chi connectivity index (χ1v) is 6.09. The van der Waals surface area contributed by atoms with Crippen LogP contribution in [0.15, 0.2) is 42.6 Å². The van der Waals surface area contributed by atoms with Crippen LogP contribution in [0.5, 0.6) is 0 Å². The number of rotatable bonds is 3. The average molecular weight is 244 g/mol. The summed E-state index contributed by atoms with van der Waals surface area (Å²) in [6.45, 7) is 6.46. The molecule has 4 nitrogen and oxygen atoms in total. The van der Waals surface area contributed by atoms with Gasteiger partial charge in [-0.15, -0.1) is 0 Å². The number of nitrogens with one attached hydrogen (secondary N) is 1. The molecule has 0 saturated heterocycles. The Kier molecular flexibility index (Phi) is 3.50. The predicted molar refractivity (Wildman–Crippen MR) is 73.1 cm³/mol. The van der Waals surface area contributed by atoms with Gasteiger partial charge >= 0.3 is 0 Å². The fourth-order valence-electron chi connectivity index (χ4n) is 2.10. The van der Waals surface area contributed by atoms with Crippen LogP contribution in [0, 0.1) is 5.41 Å². The van der Waals surface area contributed by atoms with Gasteiger partial charge in [0.15, 0.2) is 0 Å². The van der Waals surface area contributed by atoms with E-state index >= 15 is 0 Å². The van der Waals surface area contributed by atoms with Gasteiger partial charge in [-0.25, -0.2) is 4.68 Å². The lowest BCUT2D eigenvalue weighted by Gasteiger charge is -2.30. The second-order valence-electron chi connectivity index (χ2n) is 5.47. The molecule has 0 aliphatic heterocycles. The van der Waals surface area contributed by atoms with E-state index in [0.717, 1.165) is 11.4 Å². The quantitative estimate of drug-likeness (QED) is 0.644. The summed E-state index contributed by atoms with van der Waals surface area (Å²) in [4.78, 5) is 0. The fourth-order valence-corrected chi connectivity index (χ4v) is 2.10. The van der Waals surface area contributed by atoms with E-state index in [1.165, 1.54) is 0 Å². The highest BCUT2D eigenvalue weighted by Gasteiger charge is 2.28. The summed E-state index contributed by atoms with van der Waals surface area (Å²) in [7, 11) is 0. The maximum atomic E-state index is 5.71. The number of hydrogen-bond donors (Lipinski definition) is 2. The first kappa shape index (κ1) is 12.8. The predicted octanol–water partition coefficient (Wildman–Crippen LogP) is 2.42. The Morgan fingerprint density at radius 1 is 1.17 bits per heavy atom. The molecule has 2 aromatic rings. The standard InChI is InChI=1S/C14H20N4/c1-14(2,3)13(17-15)12-9-10-16-18(12)11-7-5-4-6-8-11/h4-10,13,17H,15H2,1-3H3. The van der Waals surface area contributed by atoms with Crippen LogP contribution in [0.1, 0.15) is 32.5 Å². The molecule has 2 rings (SSSR count). The van der Waals surface area contributed by atoms with Gasteiger partial charge in [0.2, 0.25) is 0 Å². The molecule has 18 heavy (non-hydrogen) atoms. The molecule has 1 aromatic heterocycles. The van der Waals surface area contributed by atoms with Crippen LogP contribution in [-0.4, -0.2) is 9.78 Å². The largest absolute Gasteiger partial charge is 0.271 e. The molecule has 0 fully saturated rings. The highest BCUT2D eigenvalue weighted by molar-refractivity contribution is 5.33. The van der Waals surface area contributed by atoms with Crippen molar-refractivity contribution in [3.05, 3.63) is 48.3 Å². The summed E-state index contributed by atoms with van der Waals surface area (Å²) in [5, 5.41) is 4.39. The lowest BCUT2D eigenvalue weighted by molar-refractivity contribution is 0.266. The van der Waals surface area contributed by atoms with E-state index in [2.05, 4.69) is 31.3 Å². The van der Waals surface area contributed by atoms with Crippen LogP contribution < -0.4 is 11.3 Å². The summed E-state index contributed by atoms with van der Waals surface area (Å²) in [6, 6.07) is 12.1. The third kappa shape index (κ3) is 2.44. The molecule has 0 amide bonds. The van der Waals surface area contributed by atoms with Crippen LogP contribution in [0.4, 0.5) is 0 Å². The zero-order valence-electron chi connectivity index (χ0n) is 11.1. The Balaban J connectivity index is 2.45. The Hall–Kier alpha value is -1.65. The number of benzene rings is 1. The summed E-state index contributed by atoms with van der Waals surface area (Å²) in [6.07, 6.45) is 1.80. The molecular formula is C14H20N4. The van der Waals surface area contributed by atoms with Gasteiger partial charge in [0.1, 0.15) is 0 Å². The maximum Gasteiger partial charge on any atom is 0.0681 e. The molecule has 0 radical (unpaired) electrons. The van der Waals surface area contributed by atoms with Gasteiger partial charge < -0.3 is 0 Å². The number of nitrogens with zero attached hydrogens (tertiary/aromatic N) is 2. The van der Waals surface area contributed by atoms with E-state index in [0.29, 0.717) is 0 Å². The molecule has 3 N–H and O–H groups in total. The molecule has 1 unspecified atom stereocenters. The van der Waals surface area contributed by atoms with Gasteiger partial charge in [-0.2, -0.15) is 5.10 Å². The molecule has 1 aromatic carbocycles. The maximum absolute atomic E-state index is 5.71. The molecule has 0 aliphatic carbocycles. The topological polar surface area (TPSA) is 55.9 Å². The molecule has 0 spiro atoms. The van der Waals surface area contributed by atoms with Crippen molar-refractivity contribution in [2.75, 3.05) is 0 Å². The minimum atomic E-state index is 0.0152. The molecule has 1 atom stereocenters. The van der Waals surface area contributed by atoms with Crippen LogP contribution in [0.2, 0.25) is 0 Å². The van der Waals surface area contributed by atoms with Gasteiger partial charge in [-0.05, 0) is 23.6 Å². The third-order valence-corrected chi connectivity index (χ3v) is 3.00. The molecule has 1 heterocycles. The van der Waals surface area contributed by atoms with Crippen molar-refractivity contribution in [1.82, 2.24) is 15.2 Å². The monoisotopic (exact) mass is 244 g/mol. The van der Waals surface area contributed by atoms with E-state index < -0.39 is 0 Å². The Labute approximate surface area is 108 Å². The molecule has 96 valence electrons. The summed E-state index contributed by atoms with van der Waals surface area (Å²) >= 11 is 0. The van der Waals surface area contributed by atoms with Crippen molar-refractivity contribution in [2.45, 2.75) is 26.8 Å². The van der Waals surface area contributed by atoms with Crippen molar-refractivity contribution in [2.24, 2.45) is 11.3 Å². The fraction of sp³-hybridized carbons (Fsp3) is 0.357. The number of para-hydroxylation sites is 1. The van der Waals surface area contributed by atoms with Crippen molar-refractivity contribution >= 4 is 0 Å². The normalized spacial score (nSPS) is 13.6. The number of nitrogens with two attached hydrogens (primary N) is 1. The third-order valence-electron chi connectivity index (χ3n) is 3.00. The van der Waals surface area contributed by atoms with Crippen molar-refractivity contribution < 1.29 is 0 Å². The highest BCUT2D eigenvalue weighted by Crippen LogP contribution is 2.32. The van der Waals surface area contributed by atoms with Crippen molar-refractivity contribution in [1.29, 1.82) is 0 Å². The van der Waals surface area contributed by atoms with E-state index in [9.17, 15) is 0 Å². The number of hydrazine groups is 1. The Bertz CT molecular complexity index is 496. The van der Waals surface area contributed by atoms with Gasteiger partial charge in [0.05, 0.1) is 17.4 Å². The summed E-state index contributed by atoms with van der Waals surface area (Å²) < 4.78 is 1.93. The second kappa shape index (κ2) is 4.92. The van der Waals surface area contributed by atoms with Crippen LogP contribution >= 0.6 is 0 Å². The SMILES string of the molecule is CC(C)(C)C(NN)c1ccnn1-c1ccccc1. The van der Waals surface area contributed by atoms with E-state index in [-0.39, 0.29) is 11.5 Å². The van der Waals surface area contributed by atoms with E-state index in [1.807, 2.05) is 41.1 Å².